The van der Waals surface area contributed by atoms with Gasteiger partial charge in [0.15, 0.2) is 0 Å². The van der Waals surface area contributed by atoms with Gasteiger partial charge in [-0.15, -0.1) is 11.8 Å². The molecule has 1 aromatic carbocycles. The van der Waals surface area contributed by atoms with Crippen LogP contribution in [0.2, 0.25) is 0 Å². The minimum Gasteiger partial charge on any atom is -0.490 e. The second-order valence-corrected chi connectivity index (χ2v) is 5.96. The first-order valence-electron chi connectivity index (χ1n) is 7.26. The largest absolute Gasteiger partial charge is 0.490 e. The Kier molecular flexibility index (Phi) is 5.83. The summed E-state index contributed by atoms with van der Waals surface area (Å²) in [6.45, 7) is 5.98. The average molecular weight is 336 g/mol. The number of nitrogen functional groups attached to an aromatic ring is 1. The number of aromatic nitrogens is 1. The maximum atomic E-state index is 9.58. The molecule has 0 spiro atoms. The van der Waals surface area contributed by atoms with Crippen molar-refractivity contribution in [1.29, 1.82) is 10.5 Å². The molecule has 0 amide bonds. The first kappa shape index (κ1) is 17.4. The lowest BCUT2D eigenvalue weighted by molar-refractivity contribution is 0.363. The second kappa shape index (κ2) is 8.05. The summed E-state index contributed by atoms with van der Waals surface area (Å²) in [5.41, 5.74) is 7.75. The Hall–Kier alpha value is -2.96. The van der Waals surface area contributed by atoms with E-state index in [-0.39, 0.29) is 11.4 Å². The monoisotopic (exact) mass is 336 g/mol. The molecule has 0 radical (unpaired) electrons. The van der Waals surface area contributed by atoms with Crippen molar-refractivity contribution in [1.82, 2.24) is 4.98 Å². The van der Waals surface area contributed by atoms with Crippen molar-refractivity contribution in [3.05, 3.63) is 48.0 Å². The van der Waals surface area contributed by atoms with Gasteiger partial charge in [0, 0.05) is 5.56 Å². The van der Waals surface area contributed by atoms with Crippen LogP contribution in [0.25, 0.3) is 11.1 Å². The molecule has 0 fully saturated rings. The van der Waals surface area contributed by atoms with E-state index in [1.54, 1.807) is 30.3 Å². The number of pyridine rings is 1. The van der Waals surface area contributed by atoms with Gasteiger partial charge in [-0.25, -0.2) is 4.98 Å². The molecule has 1 heterocycles. The topological polar surface area (TPSA) is 95.7 Å². The van der Waals surface area contributed by atoms with Gasteiger partial charge >= 0.3 is 0 Å². The minimum absolute atomic E-state index is 0.134. The summed E-state index contributed by atoms with van der Waals surface area (Å²) in [6, 6.07) is 11.4. The Bertz CT molecular complexity index is 832. The number of nitriles is 2. The number of rotatable bonds is 6. The van der Waals surface area contributed by atoms with Gasteiger partial charge in [0.1, 0.15) is 40.9 Å². The molecule has 1 aromatic heterocycles. The number of anilines is 1. The molecule has 2 aromatic rings. The molecule has 2 rings (SSSR count). The molecule has 0 bridgehead atoms. The lowest BCUT2D eigenvalue weighted by atomic mass is 9.97. The smallest absolute Gasteiger partial charge is 0.143 e. The van der Waals surface area contributed by atoms with E-state index in [2.05, 4.69) is 23.7 Å². The van der Waals surface area contributed by atoms with Gasteiger partial charge in [0.25, 0.3) is 0 Å². The van der Waals surface area contributed by atoms with Crippen LogP contribution in [-0.2, 0) is 0 Å². The maximum Gasteiger partial charge on any atom is 0.143 e. The molecule has 6 heteroatoms. The summed E-state index contributed by atoms with van der Waals surface area (Å²) in [6.07, 6.45) is 1.66. The molecular formula is C18H16N4OS. The third kappa shape index (κ3) is 3.51. The highest BCUT2D eigenvalue weighted by Crippen LogP contribution is 2.36. The Labute approximate surface area is 145 Å². The van der Waals surface area contributed by atoms with E-state index in [1.165, 1.54) is 11.8 Å². The molecule has 0 aliphatic carbocycles. The Morgan fingerprint density at radius 3 is 2.46 bits per heavy atom. The van der Waals surface area contributed by atoms with Crippen molar-refractivity contribution < 1.29 is 4.74 Å². The van der Waals surface area contributed by atoms with Gasteiger partial charge in [-0.1, -0.05) is 31.7 Å². The number of hydrogen-bond acceptors (Lipinski definition) is 6. The fraction of sp³-hybridized carbons (Fsp3) is 0.167. The molecular weight excluding hydrogens is 320 g/mol. The van der Waals surface area contributed by atoms with Crippen molar-refractivity contribution in [3.63, 3.8) is 0 Å². The Balaban J connectivity index is 2.61. The predicted molar refractivity (Wildman–Crippen MR) is 95.6 cm³/mol. The van der Waals surface area contributed by atoms with Crippen LogP contribution in [0.5, 0.6) is 5.75 Å². The third-order valence-electron chi connectivity index (χ3n) is 3.21. The highest BCUT2D eigenvalue weighted by molar-refractivity contribution is 7.99. The number of thioether (sulfide) groups is 1. The first-order valence-corrected chi connectivity index (χ1v) is 8.25. The van der Waals surface area contributed by atoms with Crippen molar-refractivity contribution in [3.8, 4) is 29.0 Å². The minimum atomic E-state index is 0.134. The van der Waals surface area contributed by atoms with Crippen LogP contribution in [0, 0.1) is 22.7 Å². The molecule has 0 atom stereocenters. The Morgan fingerprint density at radius 2 is 1.92 bits per heavy atom. The van der Waals surface area contributed by atoms with Gasteiger partial charge in [0.2, 0.25) is 0 Å². The highest BCUT2D eigenvalue weighted by Gasteiger charge is 2.20. The van der Waals surface area contributed by atoms with Crippen molar-refractivity contribution in [2.45, 2.75) is 11.9 Å². The van der Waals surface area contributed by atoms with E-state index in [1.807, 2.05) is 6.92 Å². The van der Waals surface area contributed by atoms with Crippen LogP contribution < -0.4 is 10.5 Å². The molecule has 0 unspecified atom stereocenters. The second-order valence-electron chi connectivity index (χ2n) is 4.71. The predicted octanol–water partition coefficient (Wildman–Crippen LogP) is 3.75. The molecule has 0 saturated carbocycles. The standard InChI is InChI=1S/C18H16N4OS/c1-3-9-23-13-7-5-12(6-8-13)16-14(10-19)17(21)22-18(24-4-2)15(16)11-20/h3,5-8H,1,4,9H2,2H3,(H2,21,22). The summed E-state index contributed by atoms with van der Waals surface area (Å²) < 4.78 is 5.46. The van der Waals surface area contributed by atoms with E-state index in [9.17, 15) is 10.5 Å². The van der Waals surface area contributed by atoms with Crippen molar-refractivity contribution in [2.24, 2.45) is 0 Å². The Morgan fingerprint density at radius 1 is 1.25 bits per heavy atom. The molecule has 120 valence electrons. The number of nitrogens with zero attached hydrogens (tertiary/aromatic N) is 3. The van der Waals surface area contributed by atoms with Crippen LogP contribution in [0.4, 0.5) is 5.82 Å². The zero-order valence-corrected chi connectivity index (χ0v) is 14.1. The van der Waals surface area contributed by atoms with Gasteiger partial charge < -0.3 is 10.5 Å². The zero-order chi connectivity index (χ0) is 17.5. The lowest BCUT2D eigenvalue weighted by Gasteiger charge is -2.13. The molecule has 2 N–H and O–H groups in total. The molecule has 0 aliphatic heterocycles. The van der Waals surface area contributed by atoms with Crippen LogP contribution in [0.1, 0.15) is 18.1 Å². The van der Waals surface area contributed by atoms with E-state index in [4.69, 9.17) is 10.5 Å². The van der Waals surface area contributed by atoms with E-state index < -0.39 is 0 Å². The van der Waals surface area contributed by atoms with Gasteiger partial charge in [-0.05, 0) is 23.4 Å². The fourth-order valence-corrected chi connectivity index (χ4v) is 2.93. The van der Waals surface area contributed by atoms with Gasteiger partial charge in [-0.3, -0.25) is 0 Å². The fourth-order valence-electron chi connectivity index (χ4n) is 2.20. The van der Waals surface area contributed by atoms with Crippen LogP contribution in [-0.4, -0.2) is 17.3 Å². The number of nitrogens with two attached hydrogens (primary N) is 1. The highest BCUT2D eigenvalue weighted by atomic mass is 32.2. The zero-order valence-electron chi connectivity index (χ0n) is 13.2. The summed E-state index contributed by atoms with van der Waals surface area (Å²) in [4.78, 5) is 4.21. The number of hydrogen-bond donors (Lipinski definition) is 1. The van der Waals surface area contributed by atoms with Crippen molar-refractivity contribution in [2.75, 3.05) is 18.1 Å². The quantitative estimate of drug-likeness (QED) is 0.637. The molecule has 0 aliphatic rings. The van der Waals surface area contributed by atoms with Gasteiger partial charge in [-0.2, -0.15) is 10.5 Å². The van der Waals surface area contributed by atoms with Crippen LogP contribution in [0.3, 0.4) is 0 Å². The van der Waals surface area contributed by atoms with Gasteiger partial charge in [0.05, 0.1) is 5.56 Å². The summed E-state index contributed by atoms with van der Waals surface area (Å²) >= 11 is 1.42. The first-order chi connectivity index (χ1) is 11.7. The van der Waals surface area contributed by atoms with E-state index in [0.717, 1.165) is 11.3 Å². The maximum absolute atomic E-state index is 9.58. The molecule has 0 saturated heterocycles. The van der Waals surface area contributed by atoms with Crippen LogP contribution >= 0.6 is 11.8 Å². The summed E-state index contributed by atoms with van der Waals surface area (Å²) in [5, 5.41) is 19.6. The lowest BCUT2D eigenvalue weighted by Crippen LogP contribution is -2.03. The summed E-state index contributed by atoms with van der Waals surface area (Å²) in [5.74, 6) is 1.57. The SMILES string of the molecule is C=CCOc1ccc(-c2c(C#N)c(N)nc(SCC)c2C#N)cc1. The van der Waals surface area contributed by atoms with E-state index >= 15 is 0 Å². The normalized spacial score (nSPS) is 9.79. The average Bonchev–Trinajstić information content (AvgIpc) is 2.60. The van der Waals surface area contributed by atoms with E-state index in [0.29, 0.717) is 28.5 Å². The number of ether oxygens (including phenoxy) is 1. The number of benzene rings is 1. The van der Waals surface area contributed by atoms with Crippen LogP contribution in [0.15, 0.2) is 41.9 Å². The third-order valence-corrected chi connectivity index (χ3v) is 4.07. The molecule has 5 nitrogen and oxygen atoms in total. The van der Waals surface area contributed by atoms with Crippen molar-refractivity contribution >= 4 is 17.6 Å². The summed E-state index contributed by atoms with van der Waals surface area (Å²) in [7, 11) is 0. The molecule has 24 heavy (non-hydrogen) atoms.